The third kappa shape index (κ3) is 5.30. The van der Waals surface area contributed by atoms with Crippen LogP contribution in [0.2, 0.25) is 0 Å². The molecule has 6 rings (SSSR count). The fourth-order valence-electron chi connectivity index (χ4n) is 5.80. The van der Waals surface area contributed by atoms with Crippen LogP contribution in [-0.2, 0) is 0 Å². The van der Waals surface area contributed by atoms with E-state index in [1.54, 1.807) is 0 Å². The van der Waals surface area contributed by atoms with E-state index in [1.807, 2.05) is 0 Å². The van der Waals surface area contributed by atoms with Crippen LogP contribution in [0.5, 0.6) is 0 Å². The molecule has 4 fully saturated rings. The number of fused-ring (bicyclic) bond motifs is 3. The fourth-order valence-corrected chi connectivity index (χ4v) is 5.80. The Morgan fingerprint density at radius 2 is 1.79 bits per heavy atom. The van der Waals surface area contributed by atoms with Crippen LogP contribution in [0.15, 0.2) is 30.3 Å². The normalized spacial score (nSPS) is 25.1. The van der Waals surface area contributed by atoms with Crippen LogP contribution >= 0.6 is 0 Å². The quantitative estimate of drug-likeness (QED) is 0.440. The number of benzene rings is 2. The summed E-state index contributed by atoms with van der Waals surface area (Å²) in [5, 5.41) is 5.92. The first-order chi connectivity index (χ1) is 18.0. The topological polar surface area (TPSA) is 47.6 Å². The number of alkyl halides is 4. The van der Waals surface area contributed by atoms with Gasteiger partial charge in [-0.25, -0.2) is 26.3 Å². The van der Waals surface area contributed by atoms with E-state index in [2.05, 4.69) is 15.5 Å². The van der Waals surface area contributed by atoms with Crippen molar-refractivity contribution in [2.45, 2.75) is 50.6 Å². The highest BCUT2D eigenvalue weighted by atomic mass is 19.3. The van der Waals surface area contributed by atoms with Crippen LogP contribution in [0.25, 0.3) is 0 Å². The number of hydrogen-bond acceptors (Lipinski definition) is 4. The van der Waals surface area contributed by atoms with Crippen molar-refractivity contribution >= 4 is 17.3 Å². The molecular weight excluding hydrogens is 510 g/mol. The molecule has 2 aromatic rings. The van der Waals surface area contributed by atoms with Crippen LogP contribution in [0.4, 0.5) is 37.7 Å². The van der Waals surface area contributed by atoms with Gasteiger partial charge < -0.3 is 20.4 Å². The molecule has 206 valence electrons. The minimum absolute atomic E-state index is 0.0188. The van der Waals surface area contributed by atoms with E-state index in [9.17, 15) is 26.7 Å². The van der Waals surface area contributed by atoms with E-state index in [1.165, 1.54) is 30.0 Å². The van der Waals surface area contributed by atoms with E-state index in [4.69, 9.17) is 0 Å². The summed E-state index contributed by atoms with van der Waals surface area (Å²) in [5.74, 6) is -5.16. The lowest BCUT2D eigenvalue weighted by atomic mass is 9.84. The van der Waals surface area contributed by atoms with Gasteiger partial charge in [0.15, 0.2) is 0 Å². The second-order valence-corrected chi connectivity index (χ2v) is 10.5. The fraction of sp³-hybridized carbons (Fsp3) is 0.519. The Labute approximate surface area is 217 Å². The third-order valence-electron chi connectivity index (χ3n) is 7.95. The SMILES string of the molecule is C[C@@H](NC(=O)c1cc(N2CCC(F)(F)C2)c(F)cc1N[C@H]1CN2CCC1CC2)c1cccc(C(F)F)c1F. The lowest BCUT2D eigenvalue weighted by Crippen LogP contribution is -2.53. The molecule has 0 aliphatic carbocycles. The number of hydrogen-bond donors (Lipinski definition) is 2. The van der Waals surface area contributed by atoms with Crippen molar-refractivity contribution < 1.29 is 31.1 Å². The number of nitrogens with zero attached hydrogens (tertiary/aromatic N) is 2. The van der Waals surface area contributed by atoms with Gasteiger partial charge >= 0.3 is 0 Å². The lowest BCUT2D eigenvalue weighted by molar-refractivity contribution is 0.0257. The van der Waals surface area contributed by atoms with Crippen molar-refractivity contribution in [3.63, 3.8) is 0 Å². The van der Waals surface area contributed by atoms with Gasteiger partial charge in [-0.15, -0.1) is 0 Å². The smallest absolute Gasteiger partial charge is 0.266 e. The molecule has 5 nitrogen and oxygen atoms in total. The summed E-state index contributed by atoms with van der Waals surface area (Å²) < 4.78 is 84.1. The average molecular weight is 541 g/mol. The molecule has 4 heterocycles. The summed E-state index contributed by atoms with van der Waals surface area (Å²) in [7, 11) is 0. The van der Waals surface area contributed by atoms with Gasteiger partial charge in [-0.3, -0.25) is 4.79 Å². The maximum atomic E-state index is 15.3. The van der Waals surface area contributed by atoms with Gasteiger partial charge in [0, 0.05) is 31.1 Å². The standard InChI is InChI=1S/C27H30F6N4O/c1-15(17-3-2-4-18(24(17)29)25(30)31)34-26(38)19-11-23(37-10-7-27(32,33)14-37)20(28)12-21(19)35-22-13-36-8-5-16(22)6-9-36/h2-4,11-12,15-16,22,25,35H,5-10,13-14H2,1H3,(H,34,38)/t15-,22+/m1/s1. The molecule has 2 atom stereocenters. The van der Waals surface area contributed by atoms with E-state index in [-0.39, 0.29) is 35.1 Å². The summed E-state index contributed by atoms with van der Waals surface area (Å²) >= 11 is 0. The third-order valence-corrected chi connectivity index (χ3v) is 7.95. The van der Waals surface area contributed by atoms with Crippen molar-refractivity contribution in [3.05, 3.63) is 58.7 Å². The first-order valence-electron chi connectivity index (χ1n) is 12.8. The Morgan fingerprint density at radius 1 is 1.08 bits per heavy atom. The predicted octanol–water partition coefficient (Wildman–Crippen LogP) is 5.74. The molecule has 4 aliphatic rings. The van der Waals surface area contributed by atoms with Gasteiger partial charge in [-0.1, -0.05) is 18.2 Å². The van der Waals surface area contributed by atoms with Gasteiger partial charge in [0.25, 0.3) is 18.3 Å². The Balaban J connectivity index is 1.45. The second-order valence-electron chi connectivity index (χ2n) is 10.5. The maximum absolute atomic E-state index is 15.3. The van der Waals surface area contributed by atoms with Crippen molar-refractivity contribution in [3.8, 4) is 0 Å². The molecule has 2 bridgehead atoms. The van der Waals surface area contributed by atoms with Crippen molar-refractivity contribution in [2.75, 3.05) is 42.9 Å². The molecule has 11 heteroatoms. The lowest BCUT2D eigenvalue weighted by Gasteiger charge is -2.45. The summed E-state index contributed by atoms with van der Waals surface area (Å²) in [6, 6.07) is 4.95. The number of carbonyl (C=O) groups excluding carboxylic acids is 1. The molecular formula is C27H30F6N4O. The Hall–Kier alpha value is -2.95. The highest BCUT2D eigenvalue weighted by molar-refractivity contribution is 6.01. The Bertz CT molecular complexity index is 1200. The van der Waals surface area contributed by atoms with E-state index in [0.29, 0.717) is 5.92 Å². The van der Waals surface area contributed by atoms with E-state index in [0.717, 1.165) is 44.6 Å². The first kappa shape index (κ1) is 26.6. The zero-order valence-electron chi connectivity index (χ0n) is 20.9. The zero-order valence-corrected chi connectivity index (χ0v) is 20.9. The van der Waals surface area contributed by atoms with Crippen molar-refractivity contribution in [1.82, 2.24) is 10.2 Å². The molecule has 0 spiro atoms. The molecule has 4 saturated heterocycles. The molecule has 0 unspecified atom stereocenters. The highest BCUT2D eigenvalue weighted by Crippen LogP contribution is 2.37. The number of piperidine rings is 3. The average Bonchev–Trinajstić information content (AvgIpc) is 3.23. The number of rotatable bonds is 7. The number of anilines is 2. The van der Waals surface area contributed by atoms with Crippen LogP contribution in [-0.4, -0.2) is 55.5 Å². The number of nitrogens with one attached hydrogen (secondary N) is 2. The largest absolute Gasteiger partial charge is 0.380 e. The molecule has 0 saturated carbocycles. The van der Waals surface area contributed by atoms with Crippen LogP contribution in [0.1, 0.15) is 60.1 Å². The van der Waals surface area contributed by atoms with Crippen molar-refractivity contribution in [1.29, 1.82) is 0 Å². The van der Waals surface area contributed by atoms with Gasteiger partial charge in [0.2, 0.25) is 0 Å². The van der Waals surface area contributed by atoms with Gasteiger partial charge in [0.05, 0.1) is 35.1 Å². The van der Waals surface area contributed by atoms with E-state index >= 15 is 4.39 Å². The van der Waals surface area contributed by atoms with Crippen LogP contribution in [0.3, 0.4) is 0 Å². The number of carbonyl (C=O) groups is 1. The zero-order chi connectivity index (χ0) is 27.2. The maximum Gasteiger partial charge on any atom is 0.266 e. The van der Waals surface area contributed by atoms with Crippen molar-refractivity contribution in [2.24, 2.45) is 5.92 Å². The Kier molecular flexibility index (Phi) is 7.23. The molecule has 1 amide bonds. The van der Waals surface area contributed by atoms with Crippen LogP contribution in [0, 0.1) is 17.6 Å². The predicted molar refractivity (Wildman–Crippen MR) is 132 cm³/mol. The molecule has 0 aromatic heterocycles. The molecule has 2 N–H and O–H groups in total. The second kappa shape index (κ2) is 10.3. The summed E-state index contributed by atoms with van der Waals surface area (Å²) in [6.45, 7) is 3.41. The van der Waals surface area contributed by atoms with Gasteiger partial charge in [-0.05, 0) is 50.9 Å². The van der Waals surface area contributed by atoms with Gasteiger partial charge in [-0.2, -0.15) is 0 Å². The molecule has 0 radical (unpaired) electrons. The summed E-state index contributed by atoms with van der Waals surface area (Å²) in [6.07, 6.45) is -1.50. The highest BCUT2D eigenvalue weighted by Gasteiger charge is 2.40. The Morgan fingerprint density at radius 3 is 2.39 bits per heavy atom. The van der Waals surface area contributed by atoms with E-state index < -0.39 is 54.5 Å². The van der Waals surface area contributed by atoms with Gasteiger partial charge in [0.1, 0.15) is 11.6 Å². The number of halogens is 6. The summed E-state index contributed by atoms with van der Waals surface area (Å²) in [5.41, 5.74) is -0.782. The van der Waals surface area contributed by atoms with Crippen LogP contribution < -0.4 is 15.5 Å². The minimum Gasteiger partial charge on any atom is -0.380 e. The number of amides is 1. The molecule has 4 aliphatic heterocycles. The first-order valence-corrected chi connectivity index (χ1v) is 12.8. The molecule has 2 aromatic carbocycles. The summed E-state index contributed by atoms with van der Waals surface area (Å²) in [4.78, 5) is 17.0. The monoisotopic (exact) mass is 540 g/mol. The minimum atomic E-state index is -3.02. The molecule has 38 heavy (non-hydrogen) atoms.